The molecule has 8 heteroatoms. The van der Waals surface area contributed by atoms with E-state index in [1.807, 2.05) is 0 Å². The van der Waals surface area contributed by atoms with E-state index in [0.717, 1.165) is 10.9 Å². The van der Waals surface area contributed by atoms with Crippen LogP contribution in [0.1, 0.15) is 44.9 Å². The molecule has 0 spiro atoms. The molecule has 2 atom stereocenters. The van der Waals surface area contributed by atoms with Gasteiger partial charge in [0.2, 0.25) is 10.0 Å². The van der Waals surface area contributed by atoms with E-state index in [9.17, 15) is 13.2 Å². The summed E-state index contributed by atoms with van der Waals surface area (Å²) in [6.45, 7) is 0.441. The summed E-state index contributed by atoms with van der Waals surface area (Å²) in [4.78, 5) is 10.9. The first-order chi connectivity index (χ1) is 13.8. The molecule has 0 heterocycles. The minimum atomic E-state index is -3.59. The summed E-state index contributed by atoms with van der Waals surface area (Å²) in [6.07, 6.45) is 10.7. The Hall–Kier alpha value is -0.700. The molecule has 3 aliphatic rings. The van der Waals surface area contributed by atoms with Crippen molar-refractivity contribution in [2.75, 3.05) is 6.54 Å². The fourth-order valence-electron chi connectivity index (χ4n) is 4.83. The second-order valence-electron chi connectivity index (χ2n) is 8.06. The maximum Gasteiger partial charge on any atom is 0.303 e. The number of carboxylic acids is 1. The van der Waals surface area contributed by atoms with Crippen molar-refractivity contribution in [1.82, 2.24) is 4.72 Å². The van der Waals surface area contributed by atoms with Gasteiger partial charge >= 0.3 is 5.97 Å². The summed E-state index contributed by atoms with van der Waals surface area (Å²) in [7, 11) is -3.59. The number of sulfonamides is 1. The number of aliphatic carboxylic acids is 1. The second kappa shape index (κ2) is 10.1. The fraction of sp³-hybridized carbons (Fsp3) is 0.571. The van der Waals surface area contributed by atoms with Crippen LogP contribution in [0.5, 0.6) is 0 Å². The number of rotatable bonds is 9. The topological polar surface area (TPSA) is 83.5 Å². The van der Waals surface area contributed by atoms with Crippen LogP contribution in [-0.2, 0) is 14.8 Å². The summed E-state index contributed by atoms with van der Waals surface area (Å²) in [5.74, 6) is 1.04. The lowest BCUT2D eigenvalue weighted by Gasteiger charge is -2.48. The van der Waals surface area contributed by atoms with Crippen LogP contribution in [0.25, 0.3) is 0 Å². The molecule has 3 saturated carbocycles. The van der Waals surface area contributed by atoms with Gasteiger partial charge in [-0.25, -0.2) is 13.1 Å². The Labute approximate surface area is 189 Å². The number of unbranched alkanes of at least 4 members (excludes halogenated alkanes) is 1. The molecule has 1 aromatic rings. The molecule has 0 radical (unpaired) electrons. The normalized spacial score (nSPS) is 26.8. The van der Waals surface area contributed by atoms with Crippen LogP contribution in [-0.4, -0.2) is 26.0 Å². The highest BCUT2D eigenvalue weighted by Gasteiger charge is 2.42. The zero-order chi connectivity index (χ0) is 21.0. The first kappa shape index (κ1) is 23.0. The number of carboxylic acid groups (broad SMARTS) is 1. The molecule has 2 bridgehead atoms. The third kappa shape index (κ3) is 5.93. The molecule has 0 amide bonds. The van der Waals surface area contributed by atoms with Gasteiger partial charge in [-0.2, -0.15) is 0 Å². The summed E-state index contributed by atoms with van der Waals surface area (Å²) in [5.41, 5.74) is 0. The Morgan fingerprint density at radius 2 is 1.86 bits per heavy atom. The molecule has 2 N–H and O–H groups in total. The van der Waals surface area contributed by atoms with Gasteiger partial charge in [0.15, 0.2) is 0 Å². The Morgan fingerprint density at radius 1 is 1.17 bits per heavy atom. The van der Waals surface area contributed by atoms with Crippen LogP contribution in [0, 0.1) is 23.7 Å². The van der Waals surface area contributed by atoms with E-state index < -0.39 is 16.0 Å². The van der Waals surface area contributed by atoms with Gasteiger partial charge in [-0.05, 0) is 96.3 Å². The van der Waals surface area contributed by atoms with Crippen molar-refractivity contribution in [2.45, 2.75) is 49.8 Å². The van der Waals surface area contributed by atoms with Crippen LogP contribution >= 0.6 is 31.9 Å². The zero-order valence-corrected chi connectivity index (χ0v) is 20.2. The van der Waals surface area contributed by atoms with E-state index in [1.54, 1.807) is 18.2 Å². The van der Waals surface area contributed by atoms with Crippen molar-refractivity contribution in [3.63, 3.8) is 0 Å². The van der Waals surface area contributed by atoms with E-state index in [0.29, 0.717) is 41.1 Å². The number of benzene rings is 1. The van der Waals surface area contributed by atoms with Crippen molar-refractivity contribution >= 4 is 47.9 Å². The molecule has 160 valence electrons. The maximum absolute atomic E-state index is 12.9. The highest BCUT2D eigenvalue weighted by molar-refractivity contribution is 9.11. The van der Waals surface area contributed by atoms with Gasteiger partial charge in [-0.15, -0.1) is 0 Å². The number of hydrogen-bond acceptors (Lipinski definition) is 3. The quantitative estimate of drug-likeness (QED) is 0.321. The summed E-state index contributed by atoms with van der Waals surface area (Å²) in [5, 5.41) is 8.77. The van der Waals surface area contributed by atoms with E-state index in [4.69, 9.17) is 5.11 Å². The van der Waals surface area contributed by atoms with E-state index in [1.165, 1.54) is 25.7 Å². The van der Waals surface area contributed by atoms with Crippen molar-refractivity contribution in [1.29, 1.82) is 0 Å². The fourth-order valence-corrected chi connectivity index (χ4v) is 7.64. The van der Waals surface area contributed by atoms with Crippen LogP contribution in [0.2, 0.25) is 0 Å². The van der Waals surface area contributed by atoms with Gasteiger partial charge in [0.05, 0.1) is 4.90 Å². The molecule has 4 rings (SSSR count). The van der Waals surface area contributed by atoms with Gasteiger partial charge in [0.25, 0.3) is 0 Å². The predicted octanol–water partition coefficient (Wildman–Crippen LogP) is 5.35. The number of allylic oxidation sites excluding steroid dienone is 2. The monoisotopic (exact) mass is 547 g/mol. The van der Waals surface area contributed by atoms with Gasteiger partial charge in [-0.3, -0.25) is 4.79 Å². The highest BCUT2D eigenvalue weighted by atomic mass is 79.9. The van der Waals surface area contributed by atoms with Crippen molar-refractivity contribution in [3.05, 3.63) is 39.3 Å². The second-order valence-corrected chi connectivity index (χ2v) is 11.6. The third-order valence-electron chi connectivity index (χ3n) is 6.27. The molecule has 0 aliphatic heterocycles. The van der Waals surface area contributed by atoms with E-state index >= 15 is 0 Å². The lowest BCUT2D eigenvalue weighted by atomic mass is 9.58. The lowest BCUT2D eigenvalue weighted by Crippen LogP contribution is -2.45. The average Bonchev–Trinajstić information content (AvgIpc) is 2.67. The SMILES string of the molecule is O=C(O)CCC/C=C\C1C2CCC(CC2)C1CNS(=O)(=O)c1ccc(Br)cc1Br. The first-order valence-corrected chi connectivity index (χ1v) is 13.2. The number of carbonyl (C=O) groups is 1. The molecule has 5 nitrogen and oxygen atoms in total. The highest BCUT2D eigenvalue weighted by Crippen LogP contribution is 2.49. The first-order valence-electron chi connectivity index (χ1n) is 10.1. The molecule has 3 fully saturated rings. The number of hydrogen-bond donors (Lipinski definition) is 2. The summed E-state index contributed by atoms with van der Waals surface area (Å²) < 4.78 is 29.9. The van der Waals surface area contributed by atoms with Crippen molar-refractivity contribution in [3.8, 4) is 0 Å². The average molecular weight is 549 g/mol. The number of halogens is 2. The van der Waals surface area contributed by atoms with E-state index in [-0.39, 0.29) is 11.3 Å². The predicted molar refractivity (Wildman–Crippen MR) is 120 cm³/mol. The Morgan fingerprint density at radius 3 is 2.52 bits per heavy atom. The third-order valence-corrected chi connectivity index (χ3v) is 9.17. The van der Waals surface area contributed by atoms with Gasteiger partial charge in [-0.1, -0.05) is 28.1 Å². The van der Waals surface area contributed by atoms with Crippen molar-refractivity contribution < 1.29 is 18.3 Å². The maximum atomic E-state index is 12.9. The van der Waals surface area contributed by atoms with Crippen LogP contribution in [0.15, 0.2) is 44.2 Å². The minimum Gasteiger partial charge on any atom is -0.481 e. The van der Waals surface area contributed by atoms with Gasteiger partial charge in [0.1, 0.15) is 0 Å². The molecular formula is C21H27Br2NO4S. The van der Waals surface area contributed by atoms with Gasteiger partial charge < -0.3 is 5.11 Å². The standard InChI is InChI=1S/C21H27Br2NO4S/c22-16-10-11-20(19(23)12-16)29(27,28)24-13-18-15-8-6-14(7-9-15)17(18)4-2-1-3-5-21(25)26/h2,4,10-12,14-15,17-18,24H,1,3,5-9,13H2,(H,25,26)/b4-2-. The lowest BCUT2D eigenvalue weighted by molar-refractivity contribution is -0.137. The summed E-state index contributed by atoms with van der Waals surface area (Å²) in [6, 6.07) is 5.06. The minimum absolute atomic E-state index is 0.187. The van der Waals surface area contributed by atoms with Crippen molar-refractivity contribution in [2.24, 2.45) is 23.7 Å². The molecule has 1 aromatic carbocycles. The Bertz CT molecular complexity index is 863. The molecule has 2 unspecified atom stereocenters. The number of fused-ring (bicyclic) bond motifs is 3. The molecular weight excluding hydrogens is 522 g/mol. The van der Waals surface area contributed by atoms with Crippen LogP contribution in [0.3, 0.4) is 0 Å². The van der Waals surface area contributed by atoms with Crippen LogP contribution in [0.4, 0.5) is 0 Å². The molecule has 3 aliphatic carbocycles. The Kier molecular flexibility index (Phi) is 7.98. The van der Waals surface area contributed by atoms with Gasteiger partial charge in [0, 0.05) is 21.9 Å². The number of nitrogens with one attached hydrogen (secondary N) is 1. The zero-order valence-electron chi connectivity index (χ0n) is 16.2. The molecule has 29 heavy (non-hydrogen) atoms. The largest absolute Gasteiger partial charge is 0.481 e. The van der Waals surface area contributed by atoms with Crippen LogP contribution < -0.4 is 4.72 Å². The summed E-state index contributed by atoms with van der Waals surface area (Å²) >= 11 is 6.70. The van der Waals surface area contributed by atoms with E-state index in [2.05, 4.69) is 48.7 Å². The molecule has 0 saturated heterocycles. The molecule has 0 aromatic heterocycles. The smallest absolute Gasteiger partial charge is 0.303 e. The Balaban J connectivity index is 1.66.